The monoisotopic (exact) mass is 301 g/mol. The highest BCUT2D eigenvalue weighted by atomic mass is 32.2. The first-order chi connectivity index (χ1) is 9.23. The quantitative estimate of drug-likeness (QED) is 0.871. The van der Waals surface area contributed by atoms with Crippen molar-refractivity contribution in [1.29, 1.82) is 0 Å². The largest absolute Gasteiger partial charge is 0.478 e. The summed E-state index contributed by atoms with van der Waals surface area (Å²) in [6.07, 6.45) is 2.90. The Labute approximate surface area is 116 Å². The topological polar surface area (TPSA) is 83.5 Å². The number of benzene rings is 1. The van der Waals surface area contributed by atoms with Crippen LogP contribution in [0.25, 0.3) is 0 Å². The zero-order chi connectivity index (χ0) is 15.0. The SMILES string of the molecule is CC1(CNS(=O)(=O)c2cc(C(=O)O)ccc2F)CCC1. The molecule has 0 amide bonds. The summed E-state index contributed by atoms with van der Waals surface area (Å²) in [5.41, 5.74) is -0.352. The number of aromatic carboxylic acids is 1. The third-order valence-electron chi connectivity index (χ3n) is 3.72. The van der Waals surface area contributed by atoms with Crippen LogP contribution in [0.5, 0.6) is 0 Å². The molecule has 20 heavy (non-hydrogen) atoms. The van der Waals surface area contributed by atoms with Crippen molar-refractivity contribution in [3.8, 4) is 0 Å². The van der Waals surface area contributed by atoms with Gasteiger partial charge in [0.1, 0.15) is 10.7 Å². The van der Waals surface area contributed by atoms with Crippen LogP contribution in [0.15, 0.2) is 23.1 Å². The summed E-state index contributed by atoms with van der Waals surface area (Å²) in [5.74, 6) is -2.26. The number of rotatable bonds is 5. The first-order valence-electron chi connectivity index (χ1n) is 6.26. The van der Waals surface area contributed by atoms with E-state index in [4.69, 9.17) is 5.11 Å². The van der Waals surface area contributed by atoms with Gasteiger partial charge in [-0.05, 0) is 36.5 Å². The second-order valence-corrected chi connectivity index (χ2v) is 7.17. The maximum absolute atomic E-state index is 13.6. The van der Waals surface area contributed by atoms with E-state index in [9.17, 15) is 17.6 Å². The minimum absolute atomic E-state index is 0.0893. The number of hydrogen-bond acceptors (Lipinski definition) is 3. The number of carboxylic acids is 1. The Hall–Kier alpha value is -1.47. The highest BCUT2D eigenvalue weighted by molar-refractivity contribution is 7.89. The normalized spacial score (nSPS) is 17.5. The molecule has 1 aromatic rings. The van der Waals surface area contributed by atoms with Crippen molar-refractivity contribution >= 4 is 16.0 Å². The van der Waals surface area contributed by atoms with Gasteiger partial charge in [0.2, 0.25) is 10.0 Å². The first kappa shape index (κ1) is 14.9. The van der Waals surface area contributed by atoms with E-state index in [0.29, 0.717) is 0 Å². The Morgan fingerprint density at radius 3 is 2.60 bits per heavy atom. The Kier molecular flexibility index (Phi) is 3.84. The summed E-state index contributed by atoms with van der Waals surface area (Å²) in [7, 11) is -4.04. The van der Waals surface area contributed by atoms with Crippen molar-refractivity contribution < 1.29 is 22.7 Å². The van der Waals surface area contributed by atoms with E-state index < -0.39 is 26.7 Å². The second kappa shape index (κ2) is 5.14. The van der Waals surface area contributed by atoms with Crippen molar-refractivity contribution in [2.75, 3.05) is 6.54 Å². The highest BCUT2D eigenvalue weighted by Gasteiger charge is 2.33. The number of sulfonamides is 1. The fraction of sp³-hybridized carbons (Fsp3) is 0.462. The Bertz CT molecular complexity index is 638. The summed E-state index contributed by atoms with van der Waals surface area (Å²) in [6.45, 7) is 2.19. The van der Waals surface area contributed by atoms with Gasteiger partial charge in [-0.25, -0.2) is 22.3 Å². The van der Waals surface area contributed by atoms with Crippen molar-refractivity contribution in [2.45, 2.75) is 31.1 Å². The van der Waals surface area contributed by atoms with Gasteiger partial charge in [0.25, 0.3) is 0 Å². The third kappa shape index (κ3) is 2.99. The Morgan fingerprint density at radius 2 is 2.10 bits per heavy atom. The minimum Gasteiger partial charge on any atom is -0.478 e. The number of carbonyl (C=O) groups is 1. The fourth-order valence-electron chi connectivity index (χ4n) is 2.15. The van der Waals surface area contributed by atoms with Gasteiger partial charge in [-0.3, -0.25) is 0 Å². The molecular weight excluding hydrogens is 285 g/mol. The molecule has 1 aliphatic carbocycles. The smallest absolute Gasteiger partial charge is 0.335 e. The Balaban J connectivity index is 2.24. The van der Waals surface area contributed by atoms with Crippen LogP contribution in [0.2, 0.25) is 0 Å². The van der Waals surface area contributed by atoms with Gasteiger partial charge in [0.05, 0.1) is 5.56 Å². The summed E-state index contributed by atoms with van der Waals surface area (Å²) >= 11 is 0. The molecule has 1 saturated carbocycles. The molecule has 0 atom stereocenters. The lowest BCUT2D eigenvalue weighted by atomic mass is 9.71. The number of nitrogens with one attached hydrogen (secondary N) is 1. The average Bonchev–Trinajstić information content (AvgIpc) is 2.34. The maximum Gasteiger partial charge on any atom is 0.335 e. The number of halogens is 1. The lowest BCUT2D eigenvalue weighted by molar-refractivity contribution is 0.0696. The summed E-state index contributed by atoms with van der Waals surface area (Å²) in [5, 5.41) is 8.83. The molecule has 5 nitrogen and oxygen atoms in total. The van der Waals surface area contributed by atoms with Crippen molar-refractivity contribution in [3.63, 3.8) is 0 Å². The van der Waals surface area contributed by atoms with E-state index in [1.165, 1.54) is 0 Å². The molecule has 0 heterocycles. The molecule has 2 rings (SSSR count). The summed E-state index contributed by atoms with van der Waals surface area (Å²) < 4.78 is 40.1. The molecule has 0 aromatic heterocycles. The van der Waals surface area contributed by atoms with E-state index in [-0.39, 0.29) is 17.5 Å². The van der Waals surface area contributed by atoms with Crippen LogP contribution in [-0.2, 0) is 10.0 Å². The average molecular weight is 301 g/mol. The van der Waals surface area contributed by atoms with Gasteiger partial charge in [0.15, 0.2) is 0 Å². The molecule has 2 N–H and O–H groups in total. The summed E-state index contributed by atoms with van der Waals surface area (Å²) in [6, 6.07) is 2.72. The minimum atomic E-state index is -4.04. The van der Waals surface area contributed by atoms with E-state index in [1.807, 2.05) is 6.92 Å². The molecule has 1 aromatic carbocycles. The molecule has 110 valence electrons. The van der Waals surface area contributed by atoms with Gasteiger partial charge in [-0.15, -0.1) is 0 Å². The van der Waals surface area contributed by atoms with Crippen LogP contribution >= 0.6 is 0 Å². The zero-order valence-electron chi connectivity index (χ0n) is 11.0. The van der Waals surface area contributed by atoms with E-state index >= 15 is 0 Å². The van der Waals surface area contributed by atoms with Gasteiger partial charge >= 0.3 is 5.97 Å². The van der Waals surface area contributed by atoms with Crippen LogP contribution in [0.3, 0.4) is 0 Å². The molecule has 0 radical (unpaired) electrons. The molecular formula is C13H16FNO4S. The maximum atomic E-state index is 13.6. The first-order valence-corrected chi connectivity index (χ1v) is 7.74. The van der Waals surface area contributed by atoms with Crippen molar-refractivity contribution in [3.05, 3.63) is 29.6 Å². The van der Waals surface area contributed by atoms with E-state index in [2.05, 4.69) is 4.72 Å². The molecule has 0 saturated heterocycles. The predicted molar refractivity (Wildman–Crippen MR) is 70.5 cm³/mol. The summed E-state index contributed by atoms with van der Waals surface area (Å²) in [4.78, 5) is 10.2. The number of carboxylic acid groups (broad SMARTS) is 1. The standard InChI is InChI=1S/C13H16FNO4S/c1-13(5-2-6-13)8-15-20(18,19)11-7-9(12(16)17)3-4-10(11)14/h3-4,7,15H,2,5-6,8H2,1H3,(H,16,17). The third-order valence-corrected chi connectivity index (χ3v) is 5.13. The van der Waals surface area contributed by atoms with Gasteiger partial charge < -0.3 is 5.11 Å². The van der Waals surface area contributed by atoms with Crippen LogP contribution in [0.1, 0.15) is 36.5 Å². The van der Waals surface area contributed by atoms with Crippen LogP contribution in [0, 0.1) is 11.2 Å². The van der Waals surface area contributed by atoms with Crippen LogP contribution in [-0.4, -0.2) is 26.0 Å². The Morgan fingerprint density at radius 1 is 1.45 bits per heavy atom. The van der Waals surface area contributed by atoms with Crippen molar-refractivity contribution in [2.24, 2.45) is 5.41 Å². The van der Waals surface area contributed by atoms with Gasteiger partial charge in [0, 0.05) is 6.54 Å². The lowest BCUT2D eigenvalue weighted by Crippen LogP contribution is -2.40. The molecule has 7 heteroatoms. The number of hydrogen-bond donors (Lipinski definition) is 2. The van der Waals surface area contributed by atoms with Gasteiger partial charge in [-0.1, -0.05) is 13.3 Å². The molecule has 0 spiro atoms. The fourth-order valence-corrected chi connectivity index (χ4v) is 3.45. The molecule has 0 aliphatic heterocycles. The van der Waals surface area contributed by atoms with Crippen molar-refractivity contribution in [1.82, 2.24) is 4.72 Å². The molecule has 0 bridgehead atoms. The van der Waals surface area contributed by atoms with E-state index in [1.54, 1.807) is 0 Å². The van der Waals surface area contributed by atoms with Gasteiger partial charge in [-0.2, -0.15) is 0 Å². The molecule has 1 fully saturated rings. The lowest BCUT2D eigenvalue weighted by Gasteiger charge is -2.38. The molecule has 0 unspecified atom stereocenters. The van der Waals surface area contributed by atoms with Crippen LogP contribution < -0.4 is 4.72 Å². The highest BCUT2D eigenvalue weighted by Crippen LogP contribution is 2.39. The zero-order valence-corrected chi connectivity index (χ0v) is 11.8. The van der Waals surface area contributed by atoms with Crippen LogP contribution in [0.4, 0.5) is 4.39 Å². The molecule has 1 aliphatic rings. The van der Waals surface area contributed by atoms with E-state index in [0.717, 1.165) is 37.5 Å². The second-order valence-electron chi connectivity index (χ2n) is 5.44. The predicted octanol–water partition coefficient (Wildman–Crippen LogP) is 1.99.